The van der Waals surface area contributed by atoms with Gasteiger partial charge in [-0.05, 0) is 47.7 Å². The van der Waals surface area contributed by atoms with Crippen LogP contribution in [0.4, 0.5) is 0 Å². The summed E-state index contributed by atoms with van der Waals surface area (Å²) < 4.78 is 0. The van der Waals surface area contributed by atoms with E-state index in [1.807, 2.05) is 30.5 Å². The van der Waals surface area contributed by atoms with Crippen molar-refractivity contribution < 1.29 is 9.90 Å². The fourth-order valence-electron chi connectivity index (χ4n) is 1.68. The number of thioether (sulfide) groups is 1. The Morgan fingerprint density at radius 1 is 1.17 bits per heavy atom. The van der Waals surface area contributed by atoms with Crippen LogP contribution in [0.5, 0.6) is 0 Å². The zero-order valence-corrected chi connectivity index (χ0v) is 11.3. The molecule has 18 heavy (non-hydrogen) atoms. The monoisotopic (exact) mass is 278 g/mol. The average molecular weight is 279 g/mol. The Labute approximate surface area is 115 Å². The third-order valence-electron chi connectivity index (χ3n) is 2.55. The normalized spacial score (nSPS) is 10.3. The Hall–Kier alpha value is -1.45. The van der Waals surface area contributed by atoms with E-state index in [0.29, 0.717) is 5.02 Å². The summed E-state index contributed by atoms with van der Waals surface area (Å²) in [4.78, 5) is 12.1. The van der Waals surface area contributed by atoms with Crippen LogP contribution in [0, 0.1) is 0 Å². The van der Waals surface area contributed by atoms with Crippen LogP contribution in [-0.4, -0.2) is 17.3 Å². The number of carboxylic acids is 1. The third kappa shape index (κ3) is 2.86. The predicted octanol–water partition coefficient (Wildman–Crippen LogP) is 4.43. The van der Waals surface area contributed by atoms with Crippen molar-refractivity contribution in [2.24, 2.45) is 0 Å². The summed E-state index contributed by atoms with van der Waals surface area (Å²) in [6, 6.07) is 12.8. The maximum absolute atomic E-state index is 11.0. The molecule has 0 bridgehead atoms. The van der Waals surface area contributed by atoms with Gasteiger partial charge >= 0.3 is 5.97 Å². The van der Waals surface area contributed by atoms with Crippen molar-refractivity contribution in [3.8, 4) is 11.1 Å². The van der Waals surface area contributed by atoms with Crippen molar-refractivity contribution in [3.63, 3.8) is 0 Å². The minimum atomic E-state index is -0.972. The molecule has 0 radical (unpaired) electrons. The lowest BCUT2D eigenvalue weighted by atomic mass is 10.0. The maximum Gasteiger partial charge on any atom is 0.335 e. The molecule has 0 saturated carbocycles. The molecule has 0 aromatic heterocycles. The van der Waals surface area contributed by atoms with Crippen molar-refractivity contribution in [2.45, 2.75) is 4.90 Å². The van der Waals surface area contributed by atoms with E-state index in [1.54, 1.807) is 23.9 Å². The Kier molecular flexibility index (Phi) is 3.94. The summed E-state index contributed by atoms with van der Waals surface area (Å²) in [6.07, 6.45) is 2.00. The van der Waals surface area contributed by atoms with Crippen LogP contribution >= 0.6 is 23.4 Å². The van der Waals surface area contributed by atoms with Gasteiger partial charge in [0, 0.05) is 9.92 Å². The molecule has 0 heterocycles. The Morgan fingerprint density at radius 3 is 2.61 bits per heavy atom. The summed E-state index contributed by atoms with van der Waals surface area (Å²) in [5.41, 5.74) is 1.98. The van der Waals surface area contributed by atoms with Crippen molar-refractivity contribution in [3.05, 3.63) is 53.1 Å². The molecule has 0 unspecified atom stereocenters. The van der Waals surface area contributed by atoms with Gasteiger partial charge in [0.15, 0.2) is 0 Å². The molecule has 0 saturated heterocycles. The summed E-state index contributed by atoms with van der Waals surface area (Å²) in [5.74, 6) is -0.972. The van der Waals surface area contributed by atoms with Crippen LogP contribution in [0.2, 0.25) is 5.02 Å². The van der Waals surface area contributed by atoms with E-state index in [4.69, 9.17) is 16.7 Å². The van der Waals surface area contributed by atoms with Crippen molar-refractivity contribution >= 4 is 29.3 Å². The van der Waals surface area contributed by atoms with Gasteiger partial charge in [-0.15, -0.1) is 11.8 Å². The first-order valence-electron chi connectivity index (χ1n) is 5.28. The number of carbonyl (C=O) groups is 1. The zero-order valence-electron chi connectivity index (χ0n) is 9.68. The molecular weight excluding hydrogens is 268 g/mol. The molecule has 1 N–H and O–H groups in total. The molecule has 0 aliphatic rings. The van der Waals surface area contributed by atoms with E-state index >= 15 is 0 Å². The highest BCUT2D eigenvalue weighted by Gasteiger charge is 2.08. The minimum Gasteiger partial charge on any atom is -0.478 e. The molecule has 2 rings (SSSR count). The number of hydrogen-bond acceptors (Lipinski definition) is 2. The van der Waals surface area contributed by atoms with Gasteiger partial charge < -0.3 is 5.11 Å². The number of aromatic carboxylic acids is 1. The fraction of sp³-hybridized carbons (Fsp3) is 0.0714. The van der Waals surface area contributed by atoms with Crippen molar-refractivity contribution in [2.75, 3.05) is 6.26 Å². The summed E-state index contributed by atoms with van der Waals surface area (Å²) in [5, 5.41) is 9.45. The highest BCUT2D eigenvalue weighted by molar-refractivity contribution is 7.98. The topological polar surface area (TPSA) is 37.3 Å². The van der Waals surface area contributed by atoms with Crippen LogP contribution in [-0.2, 0) is 0 Å². The van der Waals surface area contributed by atoms with Gasteiger partial charge in [-0.1, -0.05) is 23.7 Å². The second kappa shape index (κ2) is 5.46. The van der Waals surface area contributed by atoms with Gasteiger partial charge in [-0.2, -0.15) is 0 Å². The van der Waals surface area contributed by atoms with E-state index < -0.39 is 5.97 Å². The number of halogens is 1. The van der Waals surface area contributed by atoms with Gasteiger partial charge in [0.1, 0.15) is 0 Å². The van der Waals surface area contributed by atoms with Gasteiger partial charge in [0.25, 0.3) is 0 Å². The first-order chi connectivity index (χ1) is 8.60. The van der Waals surface area contributed by atoms with Crippen LogP contribution in [0.3, 0.4) is 0 Å². The maximum atomic E-state index is 11.0. The average Bonchev–Trinajstić information content (AvgIpc) is 2.38. The van der Waals surface area contributed by atoms with E-state index in [9.17, 15) is 4.79 Å². The number of hydrogen-bond donors (Lipinski definition) is 1. The van der Waals surface area contributed by atoms with E-state index in [2.05, 4.69) is 0 Å². The number of carboxylic acid groups (broad SMARTS) is 1. The SMILES string of the molecule is CSc1cccc(-c2cc(Cl)cc(C(=O)O)c2)c1. The molecule has 0 atom stereocenters. The smallest absolute Gasteiger partial charge is 0.335 e. The van der Waals surface area contributed by atoms with Crippen LogP contribution in [0.25, 0.3) is 11.1 Å². The first-order valence-corrected chi connectivity index (χ1v) is 6.89. The van der Waals surface area contributed by atoms with Gasteiger partial charge in [-0.25, -0.2) is 4.79 Å². The molecular formula is C14H11ClO2S. The molecule has 0 amide bonds. The predicted molar refractivity (Wildman–Crippen MR) is 75.6 cm³/mol. The highest BCUT2D eigenvalue weighted by Crippen LogP contribution is 2.27. The Bertz CT molecular complexity index is 596. The minimum absolute atomic E-state index is 0.201. The molecule has 0 aliphatic heterocycles. The van der Waals surface area contributed by atoms with E-state index in [0.717, 1.165) is 16.0 Å². The van der Waals surface area contributed by atoms with Gasteiger partial charge in [0.05, 0.1) is 5.56 Å². The lowest BCUT2D eigenvalue weighted by Crippen LogP contribution is -1.96. The number of benzene rings is 2. The second-order valence-corrected chi connectivity index (χ2v) is 5.08. The molecule has 0 fully saturated rings. The molecule has 92 valence electrons. The van der Waals surface area contributed by atoms with Crippen LogP contribution in [0.15, 0.2) is 47.4 Å². The zero-order chi connectivity index (χ0) is 13.1. The Balaban J connectivity index is 2.52. The van der Waals surface area contributed by atoms with Gasteiger partial charge in [0.2, 0.25) is 0 Å². The first kappa shape index (κ1) is 13.0. The van der Waals surface area contributed by atoms with E-state index in [1.165, 1.54) is 6.07 Å². The fourth-order valence-corrected chi connectivity index (χ4v) is 2.38. The lowest BCUT2D eigenvalue weighted by molar-refractivity contribution is 0.0697. The summed E-state index contributed by atoms with van der Waals surface area (Å²) in [6.45, 7) is 0. The summed E-state index contributed by atoms with van der Waals surface area (Å²) >= 11 is 7.59. The highest BCUT2D eigenvalue weighted by atomic mass is 35.5. The number of rotatable bonds is 3. The lowest BCUT2D eigenvalue weighted by Gasteiger charge is -2.06. The van der Waals surface area contributed by atoms with Crippen LogP contribution in [0.1, 0.15) is 10.4 Å². The van der Waals surface area contributed by atoms with Crippen molar-refractivity contribution in [1.82, 2.24) is 0 Å². The molecule has 4 heteroatoms. The van der Waals surface area contributed by atoms with Gasteiger partial charge in [-0.3, -0.25) is 0 Å². The molecule has 0 aliphatic carbocycles. The Morgan fingerprint density at radius 2 is 1.94 bits per heavy atom. The second-order valence-electron chi connectivity index (χ2n) is 3.77. The largest absolute Gasteiger partial charge is 0.478 e. The molecule has 0 spiro atoms. The summed E-state index contributed by atoms with van der Waals surface area (Å²) in [7, 11) is 0. The molecule has 2 aromatic rings. The quantitative estimate of drug-likeness (QED) is 0.844. The standard InChI is InChI=1S/C14H11ClO2S/c1-18-13-4-2-3-9(8-13)10-5-11(14(16)17)7-12(15)6-10/h2-8H,1H3,(H,16,17). The molecule has 2 aromatic carbocycles. The van der Waals surface area contributed by atoms with Crippen LogP contribution < -0.4 is 0 Å². The third-order valence-corrected chi connectivity index (χ3v) is 3.49. The molecule has 2 nitrogen and oxygen atoms in total. The van der Waals surface area contributed by atoms with E-state index in [-0.39, 0.29) is 5.56 Å². The van der Waals surface area contributed by atoms with Crippen molar-refractivity contribution in [1.29, 1.82) is 0 Å².